The van der Waals surface area contributed by atoms with Gasteiger partial charge in [-0.2, -0.15) is 5.26 Å². The van der Waals surface area contributed by atoms with E-state index < -0.39 is 0 Å². The van der Waals surface area contributed by atoms with Gasteiger partial charge >= 0.3 is 0 Å². The number of carbonyl (C=O) groups excluding carboxylic acids is 1. The first-order valence-electron chi connectivity index (χ1n) is 2.56. The number of hydrogen-bond donors (Lipinski definition) is 1. The fourth-order valence-corrected chi connectivity index (χ4v) is 0.314. The lowest BCUT2D eigenvalue weighted by molar-refractivity contribution is -0.118. The number of nitriles is 1. The van der Waals surface area contributed by atoms with E-state index in [2.05, 4.69) is 5.32 Å². The summed E-state index contributed by atoms with van der Waals surface area (Å²) in [5.41, 5.74) is 0. The molecule has 1 amide bonds. The van der Waals surface area contributed by atoms with Crippen LogP contribution in [0.5, 0.6) is 0 Å². The molecular formula is C6H8N2O. The second-order valence-electron chi connectivity index (χ2n) is 1.47. The molecule has 0 heterocycles. The van der Waals surface area contributed by atoms with Crippen LogP contribution in [0.15, 0.2) is 12.2 Å². The van der Waals surface area contributed by atoms with Crippen molar-refractivity contribution in [3.8, 4) is 6.07 Å². The number of hydrogen-bond acceptors (Lipinski definition) is 2. The monoisotopic (exact) mass is 124 g/mol. The third-order valence-electron chi connectivity index (χ3n) is 0.661. The first-order valence-corrected chi connectivity index (χ1v) is 2.56. The second-order valence-corrected chi connectivity index (χ2v) is 1.47. The van der Waals surface area contributed by atoms with Crippen molar-refractivity contribution in [1.29, 1.82) is 5.26 Å². The third kappa shape index (κ3) is 6.70. The van der Waals surface area contributed by atoms with E-state index in [0.29, 0.717) is 6.54 Å². The van der Waals surface area contributed by atoms with Crippen LogP contribution in [-0.2, 0) is 4.79 Å². The molecule has 0 atom stereocenters. The van der Waals surface area contributed by atoms with Gasteiger partial charge in [-0.25, -0.2) is 0 Å². The Kier molecular flexibility index (Phi) is 4.15. The first kappa shape index (κ1) is 7.70. The molecule has 0 aromatic carbocycles. The van der Waals surface area contributed by atoms with E-state index in [1.54, 1.807) is 6.08 Å². The van der Waals surface area contributed by atoms with Crippen molar-refractivity contribution in [3.63, 3.8) is 0 Å². The molecule has 3 heteroatoms. The van der Waals surface area contributed by atoms with Gasteiger partial charge in [-0.15, -0.1) is 0 Å². The minimum atomic E-state index is -0.0856. The number of carbonyl (C=O) groups is 1. The van der Waals surface area contributed by atoms with Gasteiger partial charge in [-0.05, 0) is 0 Å². The minimum absolute atomic E-state index is 0.0856. The van der Waals surface area contributed by atoms with Crippen LogP contribution in [0, 0.1) is 11.3 Å². The molecule has 0 unspecified atom stereocenters. The predicted octanol–water partition coefficient (Wildman–Crippen LogP) is 0.202. The fraction of sp³-hybridized carbons (Fsp3) is 0.333. The van der Waals surface area contributed by atoms with Crippen LogP contribution in [-0.4, -0.2) is 12.5 Å². The average Bonchev–Trinajstić information content (AvgIpc) is 1.80. The molecule has 0 saturated carbocycles. The minimum Gasteiger partial charge on any atom is -0.353 e. The summed E-state index contributed by atoms with van der Waals surface area (Å²) in [7, 11) is 0. The highest BCUT2D eigenvalue weighted by Gasteiger charge is 1.82. The average molecular weight is 124 g/mol. The number of allylic oxidation sites excluding steroid dienone is 1. The van der Waals surface area contributed by atoms with Crippen LogP contribution < -0.4 is 5.32 Å². The topological polar surface area (TPSA) is 52.9 Å². The lowest BCUT2D eigenvalue weighted by Gasteiger charge is -1.91. The molecule has 0 radical (unpaired) electrons. The second kappa shape index (κ2) is 4.85. The van der Waals surface area contributed by atoms with Gasteiger partial charge in [0, 0.05) is 19.5 Å². The molecule has 0 spiro atoms. The molecule has 1 N–H and O–H groups in total. The van der Waals surface area contributed by atoms with Gasteiger partial charge in [0.15, 0.2) is 0 Å². The first-order chi connectivity index (χ1) is 4.27. The summed E-state index contributed by atoms with van der Waals surface area (Å²) in [5.74, 6) is -0.0856. The van der Waals surface area contributed by atoms with E-state index in [4.69, 9.17) is 5.26 Å². The summed E-state index contributed by atoms with van der Waals surface area (Å²) in [6.07, 6.45) is 2.91. The number of rotatable bonds is 2. The van der Waals surface area contributed by atoms with Crippen LogP contribution in [0.1, 0.15) is 6.92 Å². The summed E-state index contributed by atoms with van der Waals surface area (Å²) < 4.78 is 0. The van der Waals surface area contributed by atoms with Crippen molar-refractivity contribution in [2.24, 2.45) is 0 Å². The van der Waals surface area contributed by atoms with Crippen molar-refractivity contribution in [2.45, 2.75) is 6.92 Å². The van der Waals surface area contributed by atoms with E-state index in [-0.39, 0.29) is 5.91 Å². The molecular weight excluding hydrogens is 116 g/mol. The van der Waals surface area contributed by atoms with E-state index >= 15 is 0 Å². The van der Waals surface area contributed by atoms with Gasteiger partial charge in [-0.3, -0.25) is 4.79 Å². The lowest BCUT2D eigenvalue weighted by Crippen LogP contribution is -2.19. The smallest absolute Gasteiger partial charge is 0.217 e. The lowest BCUT2D eigenvalue weighted by atomic mass is 10.5. The maximum atomic E-state index is 10.2. The Morgan fingerprint density at radius 3 is 3.00 bits per heavy atom. The third-order valence-corrected chi connectivity index (χ3v) is 0.661. The maximum absolute atomic E-state index is 10.2. The predicted molar refractivity (Wildman–Crippen MR) is 33.4 cm³/mol. The highest BCUT2D eigenvalue weighted by atomic mass is 16.1. The quantitative estimate of drug-likeness (QED) is 0.535. The Morgan fingerprint density at radius 1 is 1.89 bits per heavy atom. The van der Waals surface area contributed by atoms with Gasteiger partial charge < -0.3 is 5.32 Å². The van der Waals surface area contributed by atoms with E-state index in [9.17, 15) is 4.79 Å². The summed E-state index contributed by atoms with van der Waals surface area (Å²) >= 11 is 0. The van der Waals surface area contributed by atoms with Crippen molar-refractivity contribution < 1.29 is 4.79 Å². The summed E-state index contributed by atoms with van der Waals surface area (Å²) in [4.78, 5) is 10.2. The molecule has 48 valence electrons. The highest BCUT2D eigenvalue weighted by Crippen LogP contribution is 1.66. The van der Waals surface area contributed by atoms with Crippen molar-refractivity contribution in [3.05, 3.63) is 12.2 Å². The summed E-state index contributed by atoms with van der Waals surface area (Å²) in [6, 6.07) is 1.81. The Hall–Kier alpha value is -1.30. The molecule has 0 aliphatic carbocycles. The Morgan fingerprint density at radius 2 is 2.56 bits per heavy atom. The van der Waals surface area contributed by atoms with Crippen LogP contribution in [0.4, 0.5) is 0 Å². The fourth-order valence-electron chi connectivity index (χ4n) is 0.314. The molecule has 9 heavy (non-hydrogen) atoms. The molecule has 0 aliphatic rings. The molecule has 0 bridgehead atoms. The van der Waals surface area contributed by atoms with Gasteiger partial charge in [0.2, 0.25) is 5.91 Å². The van der Waals surface area contributed by atoms with Gasteiger partial charge in [-0.1, -0.05) is 6.08 Å². The van der Waals surface area contributed by atoms with E-state index in [1.807, 2.05) is 6.07 Å². The zero-order chi connectivity index (χ0) is 7.11. The Bertz CT molecular complexity index is 155. The zero-order valence-electron chi connectivity index (χ0n) is 5.22. The van der Waals surface area contributed by atoms with Gasteiger partial charge in [0.25, 0.3) is 0 Å². The normalized spacial score (nSPS) is 8.89. The van der Waals surface area contributed by atoms with E-state index in [1.165, 1.54) is 13.0 Å². The number of amides is 1. The maximum Gasteiger partial charge on any atom is 0.217 e. The molecule has 0 aromatic heterocycles. The Balaban J connectivity index is 3.22. The molecule has 0 fully saturated rings. The molecule has 0 aliphatic heterocycles. The number of nitrogens with one attached hydrogen (secondary N) is 1. The molecule has 3 nitrogen and oxygen atoms in total. The van der Waals surface area contributed by atoms with Gasteiger partial charge in [0.05, 0.1) is 6.07 Å². The van der Waals surface area contributed by atoms with Crippen LogP contribution >= 0.6 is 0 Å². The highest BCUT2D eigenvalue weighted by molar-refractivity contribution is 5.72. The van der Waals surface area contributed by atoms with Gasteiger partial charge in [0.1, 0.15) is 0 Å². The van der Waals surface area contributed by atoms with Crippen LogP contribution in [0.2, 0.25) is 0 Å². The van der Waals surface area contributed by atoms with E-state index in [0.717, 1.165) is 0 Å². The van der Waals surface area contributed by atoms with Crippen LogP contribution in [0.25, 0.3) is 0 Å². The van der Waals surface area contributed by atoms with Crippen molar-refractivity contribution >= 4 is 5.91 Å². The van der Waals surface area contributed by atoms with Crippen molar-refractivity contribution in [1.82, 2.24) is 5.32 Å². The summed E-state index contributed by atoms with van der Waals surface area (Å²) in [5, 5.41) is 10.5. The molecule has 0 aromatic rings. The molecule has 0 rings (SSSR count). The molecule has 0 saturated heterocycles. The SMILES string of the molecule is CC(=O)NC/C=C/C#N. The van der Waals surface area contributed by atoms with Crippen molar-refractivity contribution in [2.75, 3.05) is 6.54 Å². The standard InChI is InChI=1S/C6H8N2O/c1-6(9)8-5-3-2-4-7/h2-3H,5H2,1H3,(H,8,9)/b3-2+. The zero-order valence-corrected chi connectivity index (χ0v) is 5.22. The summed E-state index contributed by atoms with van der Waals surface area (Å²) in [6.45, 7) is 1.86. The number of nitrogens with zero attached hydrogens (tertiary/aromatic N) is 1. The Labute approximate surface area is 54.0 Å². The van der Waals surface area contributed by atoms with Crippen LogP contribution in [0.3, 0.4) is 0 Å². The largest absolute Gasteiger partial charge is 0.353 e.